The first-order valence-corrected chi connectivity index (χ1v) is 15.5. The topological polar surface area (TPSA) is 134 Å². The molecule has 0 saturated heterocycles. The largest absolute Gasteiger partial charge is 0.465 e. The summed E-state index contributed by atoms with van der Waals surface area (Å²) in [6, 6.07) is 15.8. The molecule has 3 heterocycles. The van der Waals surface area contributed by atoms with Gasteiger partial charge >= 0.3 is 11.9 Å². The van der Waals surface area contributed by atoms with Gasteiger partial charge in [0.2, 0.25) is 0 Å². The molecule has 0 spiro atoms. The molecule has 2 aromatic heterocycles. The number of hydrogen-bond acceptors (Lipinski definition) is 8. The molecule has 232 valence electrons. The van der Waals surface area contributed by atoms with Crippen molar-refractivity contribution in [2.24, 2.45) is 11.8 Å². The van der Waals surface area contributed by atoms with Gasteiger partial charge in [0.1, 0.15) is 0 Å². The molecule has 5 rings (SSSR count). The quantitative estimate of drug-likeness (QED) is 0.175. The van der Waals surface area contributed by atoms with E-state index in [-0.39, 0.29) is 30.9 Å². The molecule has 4 aromatic rings. The van der Waals surface area contributed by atoms with Crippen molar-refractivity contribution in [3.05, 3.63) is 76.2 Å². The van der Waals surface area contributed by atoms with Crippen molar-refractivity contribution < 1.29 is 19.1 Å². The zero-order chi connectivity index (χ0) is 31.2. The van der Waals surface area contributed by atoms with Gasteiger partial charge in [-0.25, -0.2) is 9.78 Å². The minimum atomic E-state index is -1.09. The fraction of sp³-hybridized carbons (Fsp3) is 0.455. The van der Waals surface area contributed by atoms with Crippen molar-refractivity contribution in [2.75, 3.05) is 13.2 Å². The molecule has 3 unspecified atom stereocenters. The molecule has 1 aliphatic heterocycles. The summed E-state index contributed by atoms with van der Waals surface area (Å²) >= 11 is 0. The van der Waals surface area contributed by atoms with Crippen molar-refractivity contribution in [1.29, 1.82) is 0 Å². The smallest absolute Gasteiger partial charge is 0.320 e. The summed E-state index contributed by atoms with van der Waals surface area (Å²) in [6.45, 7) is 7.88. The highest BCUT2D eigenvalue weighted by Crippen LogP contribution is 2.39. The van der Waals surface area contributed by atoms with Gasteiger partial charge in [0.25, 0.3) is 5.56 Å². The van der Waals surface area contributed by atoms with Crippen molar-refractivity contribution in [1.82, 2.24) is 30.0 Å². The number of H-pyrrole nitrogens is 1. The number of carbonyl (C=O) groups excluding carboxylic acids is 2. The Bertz CT molecular complexity index is 1610. The third kappa shape index (κ3) is 6.22. The van der Waals surface area contributed by atoms with E-state index in [1.165, 1.54) is 0 Å². The molecule has 0 bridgehead atoms. The van der Waals surface area contributed by atoms with Gasteiger partial charge in [-0.2, -0.15) is 0 Å². The van der Waals surface area contributed by atoms with Crippen LogP contribution in [0.15, 0.2) is 59.5 Å². The van der Waals surface area contributed by atoms with Gasteiger partial charge in [-0.1, -0.05) is 61.9 Å². The molecule has 1 N–H and O–H groups in total. The van der Waals surface area contributed by atoms with E-state index >= 15 is 0 Å². The first-order valence-electron chi connectivity index (χ1n) is 15.5. The lowest BCUT2D eigenvalue weighted by molar-refractivity contribution is -0.166. The van der Waals surface area contributed by atoms with E-state index < -0.39 is 23.8 Å². The van der Waals surface area contributed by atoms with Gasteiger partial charge in [0, 0.05) is 35.7 Å². The van der Waals surface area contributed by atoms with Crippen LogP contribution in [0.4, 0.5) is 0 Å². The SMILES string of the molecule is CCCC(C(C(=O)OCC)C(=O)OCC)C1CCC(C)n2cc(Cc3ccc(-c4ccccc4-c4nnn[nH]4)cc3)c(=O)n21. The van der Waals surface area contributed by atoms with Gasteiger partial charge in [-0.05, 0) is 67.2 Å². The van der Waals surface area contributed by atoms with Crippen LogP contribution in [0.2, 0.25) is 0 Å². The van der Waals surface area contributed by atoms with E-state index in [0.717, 1.165) is 35.1 Å². The molecule has 44 heavy (non-hydrogen) atoms. The second kappa shape index (κ2) is 13.8. The maximum Gasteiger partial charge on any atom is 0.320 e. The first kappa shape index (κ1) is 30.9. The summed E-state index contributed by atoms with van der Waals surface area (Å²) < 4.78 is 14.5. The number of ether oxygens (including phenoxy) is 2. The second-order valence-corrected chi connectivity index (χ2v) is 11.3. The Kier molecular flexibility index (Phi) is 9.72. The average Bonchev–Trinajstić information content (AvgIpc) is 3.67. The predicted octanol–water partition coefficient (Wildman–Crippen LogP) is 5.14. The molecule has 0 amide bonds. The van der Waals surface area contributed by atoms with Crippen molar-refractivity contribution in [3.63, 3.8) is 0 Å². The number of rotatable bonds is 12. The molecule has 1 aliphatic rings. The summed E-state index contributed by atoms with van der Waals surface area (Å²) in [4.78, 5) is 40.3. The average molecular weight is 601 g/mol. The summed E-state index contributed by atoms with van der Waals surface area (Å²) in [5.41, 5.74) is 4.47. The van der Waals surface area contributed by atoms with Crippen LogP contribution in [0.5, 0.6) is 0 Å². The van der Waals surface area contributed by atoms with Crippen LogP contribution in [0.3, 0.4) is 0 Å². The van der Waals surface area contributed by atoms with Crippen LogP contribution in [-0.4, -0.2) is 55.1 Å². The molecular formula is C33H40N6O5. The fourth-order valence-corrected chi connectivity index (χ4v) is 6.43. The standard InChI is InChI=1S/C33H40N6O5/c1-5-10-27(29(32(41)43-6-2)33(42)44-7-3)28-18-13-21(4)38-20-24(31(40)39(28)38)19-22-14-16-23(17-15-22)25-11-8-9-12-26(25)30-34-36-37-35-30/h8-9,11-12,14-17,20-21,27-29H,5-7,10,13,18-19H2,1-4H3,(H,34,35,36,37). The van der Waals surface area contributed by atoms with Gasteiger partial charge in [0.05, 0.1) is 19.3 Å². The molecule has 11 nitrogen and oxygen atoms in total. The zero-order valence-electron chi connectivity index (χ0n) is 25.7. The second-order valence-electron chi connectivity index (χ2n) is 11.3. The van der Waals surface area contributed by atoms with Crippen LogP contribution < -0.4 is 5.56 Å². The van der Waals surface area contributed by atoms with E-state index in [2.05, 4.69) is 27.5 Å². The predicted molar refractivity (Wildman–Crippen MR) is 165 cm³/mol. The third-order valence-electron chi connectivity index (χ3n) is 8.48. The summed E-state index contributed by atoms with van der Waals surface area (Å²) in [5, 5.41) is 14.3. The van der Waals surface area contributed by atoms with Gasteiger partial charge in [-0.3, -0.25) is 19.1 Å². The maximum atomic E-state index is 14.0. The number of aromatic nitrogens is 6. The van der Waals surface area contributed by atoms with Crippen LogP contribution in [0.1, 0.15) is 76.6 Å². The monoisotopic (exact) mass is 600 g/mol. The lowest BCUT2D eigenvalue weighted by Gasteiger charge is -2.38. The number of benzene rings is 2. The Labute approximate surface area is 256 Å². The highest BCUT2D eigenvalue weighted by atomic mass is 16.6. The Morgan fingerprint density at radius 3 is 2.27 bits per heavy atom. The molecule has 0 fully saturated rings. The maximum absolute atomic E-state index is 14.0. The third-order valence-corrected chi connectivity index (χ3v) is 8.48. The molecule has 2 aromatic carbocycles. The number of carbonyl (C=O) groups is 2. The molecule has 0 radical (unpaired) electrons. The lowest BCUT2D eigenvalue weighted by atomic mass is 9.79. The van der Waals surface area contributed by atoms with E-state index in [4.69, 9.17) is 9.47 Å². The minimum absolute atomic E-state index is 0.0960. The molecule has 0 saturated carbocycles. The number of hydrogen-bond donors (Lipinski definition) is 1. The van der Waals surface area contributed by atoms with E-state index in [9.17, 15) is 14.4 Å². The van der Waals surface area contributed by atoms with Gasteiger partial charge < -0.3 is 9.47 Å². The van der Waals surface area contributed by atoms with Crippen molar-refractivity contribution in [2.45, 2.75) is 71.9 Å². The summed E-state index contributed by atoms with van der Waals surface area (Å²) in [6.07, 6.45) is 5.23. The normalized spacial score (nSPS) is 16.8. The minimum Gasteiger partial charge on any atom is -0.465 e. The molecule has 3 atom stereocenters. The molecular weight excluding hydrogens is 560 g/mol. The number of esters is 2. The zero-order valence-corrected chi connectivity index (χ0v) is 25.7. The summed E-state index contributed by atoms with van der Waals surface area (Å²) in [5.74, 6) is -2.10. The molecule has 0 aliphatic carbocycles. The molecule has 11 heteroatoms. The van der Waals surface area contributed by atoms with Crippen molar-refractivity contribution >= 4 is 11.9 Å². The highest BCUT2D eigenvalue weighted by molar-refractivity contribution is 5.95. The number of nitrogens with zero attached hydrogens (tertiary/aromatic N) is 5. The Morgan fingerprint density at radius 1 is 0.977 bits per heavy atom. The fourth-order valence-electron chi connectivity index (χ4n) is 6.43. The van der Waals surface area contributed by atoms with E-state index in [0.29, 0.717) is 30.7 Å². The first-order chi connectivity index (χ1) is 21.4. The van der Waals surface area contributed by atoms with E-state index in [1.807, 2.05) is 66.3 Å². The lowest BCUT2D eigenvalue weighted by Crippen LogP contribution is -2.44. The van der Waals surface area contributed by atoms with Crippen LogP contribution in [-0.2, 0) is 25.5 Å². The van der Waals surface area contributed by atoms with Crippen molar-refractivity contribution in [3.8, 4) is 22.5 Å². The van der Waals surface area contributed by atoms with Gasteiger partial charge in [0.15, 0.2) is 11.7 Å². The van der Waals surface area contributed by atoms with Crippen LogP contribution >= 0.6 is 0 Å². The Morgan fingerprint density at radius 2 is 1.66 bits per heavy atom. The number of aromatic amines is 1. The number of fused-ring (bicyclic) bond motifs is 1. The Balaban J connectivity index is 1.45. The summed E-state index contributed by atoms with van der Waals surface area (Å²) in [7, 11) is 0. The highest BCUT2D eigenvalue weighted by Gasteiger charge is 2.44. The Hall–Kier alpha value is -4.54. The van der Waals surface area contributed by atoms with E-state index in [1.54, 1.807) is 18.5 Å². The van der Waals surface area contributed by atoms with Crippen LogP contribution in [0.25, 0.3) is 22.5 Å². The van der Waals surface area contributed by atoms with Crippen LogP contribution in [0, 0.1) is 11.8 Å². The van der Waals surface area contributed by atoms with Gasteiger partial charge in [-0.15, -0.1) is 5.10 Å². The number of nitrogens with one attached hydrogen (secondary N) is 1. The number of tetrazole rings is 1.